The van der Waals surface area contributed by atoms with E-state index in [9.17, 15) is 9.59 Å². The minimum Gasteiger partial charge on any atom is -0.482 e. The van der Waals surface area contributed by atoms with Crippen molar-refractivity contribution < 1.29 is 19.1 Å². The molecule has 0 N–H and O–H groups in total. The summed E-state index contributed by atoms with van der Waals surface area (Å²) in [4.78, 5) is 24.0. The minimum absolute atomic E-state index is 0.0601. The number of Topliss-reactive ketones (excluding diaryl/α,β-unsaturated/α-hetero) is 1. The summed E-state index contributed by atoms with van der Waals surface area (Å²) < 4.78 is 10.3. The number of esters is 1. The van der Waals surface area contributed by atoms with Crippen molar-refractivity contribution in [1.82, 2.24) is 0 Å². The van der Waals surface area contributed by atoms with Crippen LogP contribution in [0.2, 0.25) is 0 Å². The number of ether oxygens (including phenoxy) is 2. The standard InChI is InChI=1S/C17H15NO4S/c18-11-13-5-7-14(8-6-13)22-12-17(20)21-9-1-3-15(19)16-4-2-10-23-16/h2,4-8,10H,1,3,9,12H2. The van der Waals surface area contributed by atoms with E-state index in [0.717, 1.165) is 4.88 Å². The van der Waals surface area contributed by atoms with Crippen LogP contribution in [-0.4, -0.2) is 25.0 Å². The summed E-state index contributed by atoms with van der Waals surface area (Å²) in [5.74, 6) is 0.0663. The van der Waals surface area contributed by atoms with Crippen molar-refractivity contribution in [2.24, 2.45) is 0 Å². The van der Waals surface area contributed by atoms with Gasteiger partial charge in [-0.25, -0.2) is 4.79 Å². The van der Waals surface area contributed by atoms with Crippen molar-refractivity contribution in [2.75, 3.05) is 13.2 Å². The molecule has 2 rings (SSSR count). The van der Waals surface area contributed by atoms with Gasteiger partial charge in [0.05, 0.1) is 23.1 Å². The first-order valence-corrected chi connectivity index (χ1v) is 7.92. The summed E-state index contributed by atoms with van der Waals surface area (Å²) in [6.07, 6.45) is 0.837. The Hall–Kier alpha value is -2.65. The number of thiophene rings is 1. The van der Waals surface area contributed by atoms with E-state index in [-0.39, 0.29) is 19.0 Å². The summed E-state index contributed by atoms with van der Waals surface area (Å²) in [7, 11) is 0. The Morgan fingerprint density at radius 3 is 2.61 bits per heavy atom. The fourth-order valence-electron chi connectivity index (χ4n) is 1.79. The molecule has 1 heterocycles. The van der Waals surface area contributed by atoms with E-state index in [1.54, 1.807) is 30.3 Å². The lowest BCUT2D eigenvalue weighted by atomic mass is 10.2. The third kappa shape index (κ3) is 5.57. The molecular formula is C17H15NO4S. The van der Waals surface area contributed by atoms with Crippen molar-refractivity contribution in [1.29, 1.82) is 5.26 Å². The number of nitrogens with zero attached hydrogens (tertiary/aromatic N) is 1. The van der Waals surface area contributed by atoms with E-state index in [1.165, 1.54) is 11.3 Å². The molecule has 23 heavy (non-hydrogen) atoms. The number of carbonyl (C=O) groups is 2. The van der Waals surface area contributed by atoms with Crippen LogP contribution in [0.5, 0.6) is 5.75 Å². The molecule has 6 heteroatoms. The summed E-state index contributed by atoms with van der Waals surface area (Å²) in [5.41, 5.74) is 0.523. The maximum Gasteiger partial charge on any atom is 0.344 e. The van der Waals surface area contributed by atoms with E-state index in [1.807, 2.05) is 17.5 Å². The van der Waals surface area contributed by atoms with Gasteiger partial charge in [0.15, 0.2) is 12.4 Å². The van der Waals surface area contributed by atoms with Gasteiger partial charge in [0.2, 0.25) is 0 Å². The highest BCUT2D eigenvalue weighted by atomic mass is 32.1. The number of benzene rings is 1. The van der Waals surface area contributed by atoms with Gasteiger partial charge in [0, 0.05) is 6.42 Å². The van der Waals surface area contributed by atoms with E-state index in [0.29, 0.717) is 24.2 Å². The molecular weight excluding hydrogens is 314 g/mol. The van der Waals surface area contributed by atoms with E-state index in [4.69, 9.17) is 14.7 Å². The van der Waals surface area contributed by atoms with E-state index in [2.05, 4.69) is 0 Å². The molecule has 118 valence electrons. The molecule has 1 aromatic heterocycles. The topological polar surface area (TPSA) is 76.4 Å². The molecule has 0 aliphatic heterocycles. The van der Waals surface area contributed by atoms with Gasteiger partial charge in [0.25, 0.3) is 0 Å². The van der Waals surface area contributed by atoms with Crippen molar-refractivity contribution in [3.8, 4) is 11.8 Å². The van der Waals surface area contributed by atoms with Gasteiger partial charge in [-0.15, -0.1) is 11.3 Å². The Kier molecular flexibility index (Phi) is 6.33. The Morgan fingerprint density at radius 1 is 1.17 bits per heavy atom. The van der Waals surface area contributed by atoms with Gasteiger partial charge >= 0.3 is 5.97 Å². The maximum atomic E-state index is 11.7. The van der Waals surface area contributed by atoms with Crippen LogP contribution in [0.25, 0.3) is 0 Å². The lowest BCUT2D eigenvalue weighted by Gasteiger charge is -2.06. The van der Waals surface area contributed by atoms with E-state index >= 15 is 0 Å². The average molecular weight is 329 g/mol. The van der Waals surface area contributed by atoms with Crippen LogP contribution < -0.4 is 4.74 Å². The zero-order valence-corrected chi connectivity index (χ0v) is 13.2. The van der Waals surface area contributed by atoms with Gasteiger partial charge in [-0.2, -0.15) is 5.26 Å². The number of nitriles is 1. The lowest BCUT2D eigenvalue weighted by molar-refractivity contribution is -0.146. The smallest absolute Gasteiger partial charge is 0.344 e. The number of rotatable bonds is 8. The largest absolute Gasteiger partial charge is 0.482 e. The third-order valence-electron chi connectivity index (χ3n) is 2.95. The molecule has 0 aliphatic rings. The molecule has 0 radical (unpaired) electrons. The second kappa shape index (κ2) is 8.71. The van der Waals surface area contributed by atoms with Gasteiger partial charge in [-0.1, -0.05) is 6.07 Å². The highest BCUT2D eigenvalue weighted by Gasteiger charge is 2.08. The van der Waals surface area contributed by atoms with Crippen LogP contribution in [0.15, 0.2) is 41.8 Å². The Bertz CT molecular complexity index is 686. The first-order chi connectivity index (χ1) is 11.2. The molecule has 0 bridgehead atoms. The second-order valence-corrected chi connectivity index (χ2v) is 5.60. The first-order valence-electron chi connectivity index (χ1n) is 7.04. The van der Waals surface area contributed by atoms with Gasteiger partial charge < -0.3 is 9.47 Å². The predicted molar refractivity (Wildman–Crippen MR) is 85.5 cm³/mol. The molecule has 2 aromatic rings. The SMILES string of the molecule is N#Cc1ccc(OCC(=O)OCCCC(=O)c2cccs2)cc1. The van der Waals surface area contributed by atoms with Crippen LogP contribution >= 0.6 is 11.3 Å². The Morgan fingerprint density at radius 2 is 1.96 bits per heavy atom. The fraction of sp³-hybridized carbons (Fsp3) is 0.235. The van der Waals surface area contributed by atoms with Crippen molar-refractivity contribution in [3.05, 3.63) is 52.2 Å². The van der Waals surface area contributed by atoms with Crippen LogP contribution in [0.4, 0.5) is 0 Å². The Balaban J connectivity index is 1.61. The summed E-state index contributed by atoms with van der Waals surface area (Å²) in [6, 6.07) is 12.1. The molecule has 0 spiro atoms. The first kappa shape index (κ1) is 16.7. The highest BCUT2D eigenvalue weighted by Crippen LogP contribution is 2.13. The monoisotopic (exact) mass is 329 g/mol. The Labute approximate surface area is 138 Å². The van der Waals surface area contributed by atoms with Gasteiger partial charge in [-0.3, -0.25) is 4.79 Å². The van der Waals surface area contributed by atoms with Gasteiger partial charge in [0.1, 0.15) is 5.75 Å². The number of hydrogen-bond acceptors (Lipinski definition) is 6. The maximum absolute atomic E-state index is 11.7. The van der Waals surface area contributed by atoms with Crippen LogP contribution in [-0.2, 0) is 9.53 Å². The molecule has 0 fully saturated rings. The molecule has 0 aliphatic carbocycles. The van der Waals surface area contributed by atoms with Crippen molar-refractivity contribution in [3.63, 3.8) is 0 Å². The molecule has 5 nitrogen and oxygen atoms in total. The molecule has 0 saturated heterocycles. The fourth-order valence-corrected chi connectivity index (χ4v) is 2.48. The number of carbonyl (C=O) groups excluding carboxylic acids is 2. The zero-order valence-electron chi connectivity index (χ0n) is 12.4. The van der Waals surface area contributed by atoms with Gasteiger partial charge in [-0.05, 0) is 42.1 Å². The predicted octanol–water partition coefficient (Wildman–Crippen LogP) is 3.20. The van der Waals surface area contributed by atoms with Crippen molar-refractivity contribution >= 4 is 23.1 Å². The van der Waals surface area contributed by atoms with Crippen LogP contribution in [0.1, 0.15) is 28.1 Å². The summed E-state index contributed by atoms with van der Waals surface area (Å²) in [5, 5.41) is 10.5. The molecule has 0 atom stereocenters. The molecule has 0 amide bonds. The molecule has 0 unspecified atom stereocenters. The minimum atomic E-state index is -0.488. The number of hydrogen-bond donors (Lipinski definition) is 0. The van der Waals surface area contributed by atoms with E-state index < -0.39 is 5.97 Å². The van der Waals surface area contributed by atoms with Crippen LogP contribution in [0.3, 0.4) is 0 Å². The average Bonchev–Trinajstić information content (AvgIpc) is 3.12. The summed E-state index contributed by atoms with van der Waals surface area (Å²) >= 11 is 1.41. The third-order valence-corrected chi connectivity index (χ3v) is 3.86. The molecule has 0 saturated carbocycles. The normalized spacial score (nSPS) is 9.87. The zero-order chi connectivity index (χ0) is 16.5. The molecule has 1 aromatic carbocycles. The highest BCUT2D eigenvalue weighted by molar-refractivity contribution is 7.12. The quantitative estimate of drug-likeness (QED) is 0.422. The van der Waals surface area contributed by atoms with Crippen molar-refractivity contribution in [2.45, 2.75) is 12.8 Å². The lowest BCUT2D eigenvalue weighted by Crippen LogP contribution is -2.16. The number of ketones is 1. The van der Waals surface area contributed by atoms with Crippen LogP contribution in [0, 0.1) is 11.3 Å². The summed E-state index contributed by atoms with van der Waals surface area (Å²) in [6.45, 7) is -0.0164. The second-order valence-electron chi connectivity index (χ2n) is 4.65.